The van der Waals surface area contributed by atoms with E-state index in [1.54, 1.807) is 30.2 Å². The van der Waals surface area contributed by atoms with Crippen LogP contribution in [0, 0.1) is 0 Å². The van der Waals surface area contributed by atoms with E-state index in [1.807, 2.05) is 0 Å². The van der Waals surface area contributed by atoms with Gasteiger partial charge in [-0.25, -0.2) is 0 Å². The zero-order valence-corrected chi connectivity index (χ0v) is 13.9. The number of nitrogens with zero attached hydrogens (tertiary/aromatic N) is 2. The summed E-state index contributed by atoms with van der Waals surface area (Å²) < 4.78 is 5.20. The van der Waals surface area contributed by atoms with Gasteiger partial charge in [0.25, 0.3) is 11.7 Å². The third-order valence-electron chi connectivity index (χ3n) is 4.09. The fourth-order valence-corrected chi connectivity index (χ4v) is 2.95. The molecule has 22 heavy (non-hydrogen) atoms. The van der Waals surface area contributed by atoms with Crippen molar-refractivity contribution < 1.29 is 14.3 Å². The van der Waals surface area contributed by atoms with Gasteiger partial charge in [0.05, 0.1) is 18.4 Å². The fourth-order valence-electron chi connectivity index (χ4n) is 2.95. The van der Waals surface area contributed by atoms with Crippen molar-refractivity contribution in [2.24, 2.45) is 0 Å². The van der Waals surface area contributed by atoms with Gasteiger partial charge in [0.15, 0.2) is 0 Å². The number of ketones is 1. The molecule has 2 rings (SSSR count). The zero-order valence-electron chi connectivity index (χ0n) is 13.9. The predicted octanol–water partition coefficient (Wildman–Crippen LogP) is 2.34. The summed E-state index contributed by atoms with van der Waals surface area (Å²) in [5.41, 5.74) is 1.12. The highest BCUT2D eigenvalue weighted by Crippen LogP contribution is 2.32. The van der Waals surface area contributed by atoms with E-state index in [9.17, 15) is 9.59 Å². The second-order valence-corrected chi connectivity index (χ2v) is 6.09. The van der Waals surface area contributed by atoms with E-state index in [1.165, 1.54) is 0 Å². The Morgan fingerprint density at radius 1 is 1.14 bits per heavy atom. The monoisotopic (exact) mass is 304 g/mol. The van der Waals surface area contributed by atoms with Crippen LogP contribution in [0.25, 0.3) is 0 Å². The Kier molecular flexibility index (Phi) is 4.86. The number of amides is 1. The van der Waals surface area contributed by atoms with Crippen molar-refractivity contribution >= 4 is 17.4 Å². The van der Waals surface area contributed by atoms with Crippen LogP contribution in [-0.4, -0.2) is 48.9 Å². The Morgan fingerprint density at radius 3 is 2.32 bits per heavy atom. The Labute approximate surface area is 131 Å². The molecule has 1 aliphatic heterocycles. The van der Waals surface area contributed by atoms with Crippen molar-refractivity contribution in [2.75, 3.05) is 25.1 Å². The molecule has 0 spiro atoms. The highest BCUT2D eigenvalue weighted by Gasteiger charge is 2.36. The molecule has 0 unspecified atom stereocenters. The molecule has 0 atom stereocenters. The van der Waals surface area contributed by atoms with Crippen molar-refractivity contribution in [1.29, 1.82) is 0 Å². The molecule has 0 bridgehead atoms. The minimum Gasteiger partial charge on any atom is -0.497 e. The molecular formula is C17H24N2O3. The molecule has 1 amide bonds. The normalized spacial score (nSPS) is 14.5. The number of methoxy groups -OCH3 is 1. The van der Waals surface area contributed by atoms with Crippen molar-refractivity contribution in [1.82, 2.24) is 4.90 Å². The van der Waals surface area contributed by atoms with Gasteiger partial charge in [0.2, 0.25) is 0 Å². The molecule has 0 fully saturated rings. The second kappa shape index (κ2) is 6.48. The number of hydrogen-bond acceptors (Lipinski definition) is 4. The quantitative estimate of drug-likeness (QED) is 0.757. The summed E-state index contributed by atoms with van der Waals surface area (Å²) in [6.45, 7) is 9.76. The van der Waals surface area contributed by atoms with E-state index in [0.717, 1.165) is 6.54 Å². The number of ether oxygens (including phenoxy) is 1. The van der Waals surface area contributed by atoms with Gasteiger partial charge >= 0.3 is 0 Å². The van der Waals surface area contributed by atoms with Crippen LogP contribution in [0.1, 0.15) is 38.1 Å². The molecule has 1 aromatic rings. The lowest BCUT2D eigenvalue weighted by Crippen LogP contribution is -2.43. The van der Waals surface area contributed by atoms with Crippen LogP contribution in [0.4, 0.5) is 5.69 Å². The van der Waals surface area contributed by atoms with Gasteiger partial charge in [-0.15, -0.1) is 0 Å². The molecule has 120 valence electrons. The molecule has 0 saturated carbocycles. The van der Waals surface area contributed by atoms with E-state index >= 15 is 0 Å². The Balaban J connectivity index is 2.22. The number of benzene rings is 1. The summed E-state index contributed by atoms with van der Waals surface area (Å²) in [7, 11) is 1.57. The molecule has 0 aromatic heterocycles. The minimum atomic E-state index is -0.448. The maximum absolute atomic E-state index is 12.2. The number of carbonyl (C=O) groups excluding carboxylic acids is 2. The van der Waals surface area contributed by atoms with Crippen LogP contribution in [0.15, 0.2) is 18.2 Å². The smallest absolute Gasteiger partial charge is 0.299 e. The summed E-state index contributed by atoms with van der Waals surface area (Å²) in [5, 5.41) is 0. The Bertz CT molecular complexity index is 573. The number of carbonyl (C=O) groups is 2. The molecule has 5 heteroatoms. The van der Waals surface area contributed by atoms with E-state index in [-0.39, 0.29) is 0 Å². The lowest BCUT2D eigenvalue weighted by Gasteiger charge is -2.32. The van der Waals surface area contributed by atoms with Gasteiger partial charge in [-0.05, 0) is 39.8 Å². The van der Waals surface area contributed by atoms with E-state index in [4.69, 9.17) is 4.74 Å². The molecule has 0 N–H and O–H groups in total. The second-order valence-electron chi connectivity index (χ2n) is 6.09. The topological polar surface area (TPSA) is 49.9 Å². The Morgan fingerprint density at radius 2 is 1.77 bits per heavy atom. The summed E-state index contributed by atoms with van der Waals surface area (Å²) in [5.74, 6) is -0.232. The van der Waals surface area contributed by atoms with Gasteiger partial charge < -0.3 is 9.64 Å². The van der Waals surface area contributed by atoms with Gasteiger partial charge in [-0.2, -0.15) is 0 Å². The van der Waals surface area contributed by atoms with E-state index in [2.05, 4.69) is 32.6 Å². The molecular weight excluding hydrogens is 280 g/mol. The first kappa shape index (κ1) is 16.5. The molecule has 1 heterocycles. The zero-order chi connectivity index (χ0) is 16.4. The molecule has 1 aromatic carbocycles. The highest BCUT2D eigenvalue weighted by molar-refractivity contribution is 6.52. The van der Waals surface area contributed by atoms with Crippen LogP contribution in [0.3, 0.4) is 0 Å². The standard InChI is InChI=1S/C17H24N2O3/c1-11(2)18(12(3)4)8-9-19-15-10-13(22-5)6-7-14(15)16(20)17(19)21/h6-7,10-12H,8-9H2,1-5H3. The van der Waals surface area contributed by atoms with Crippen LogP contribution in [-0.2, 0) is 4.79 Å². The average molecular weight is 304 g/mol. The molecule has 0 aliphatic carbocycles. The van der Waals surface area contributed by atoms with Crippen LogP contribution in [0.2, 0.25) is 0 Å². The van der Waals surface area contributed by atoms with E-state index < -0.39 is 11.7 Å². The average Bonchev–Trinajstić information content (AvgIpc) is 2.71. The number of fused-ring (bicyclic) bond motifs is 1. The van der Waals surface area contributed by atoms with Crippen molar-refractivity contribution in [2.45, 2.75) is 39.8 Å². The van der Waals surface area contributed by atoms with Crippen molar-refractivity contribution in [3.8, 4) is 5.75 Å². The number of anilines is 1. The predicted molar refractivity (Wildman–Crippen MR) is 86.7 cm³/mol. The first-order chi connectivity index (χ1) is 10.4. The minimum absolute atomic E-state index is 0.387. The summed E-state index contributed by atoms with van der Waals surface area (Å²) in [6, 6.07) is 5.91. The first-order valence-corrected chi connectivity index (χ1v) is 7.66. The fraction of sp³-hybridized carbons (Fsp3) is 0.529. The lowest BCUT2D eigenvalue weighted by molar-refractivity contribution is -0.114. The lowest BCUT2D eigenvalue weighted by atomic mass is 10.1. The first-order valence-electron chi connectivity index (χ1n) is 7.66. The largest absolute Gasteiger partial charge is 0.497 e. The third kappa shape index (κ3) is 2.99. The van der Waals surface area contributed by atoms with Gasteiger partial charge in [-0.1, -0.05) is 0 Å². The molecule has 5 nitrogen and oxygen atoms in total. The van der Waals surface area contributed by atoms with Crippen LogP contribution in [0.5, 0.6) is 5.75 Å². The number of hydrogen-bond donors (Lipinski definition) is 0. The maximum atomic E-state index is 12.2. The molecule has 0 saturated heterocycles. The number of Topliss-reactive ketones (excluding diaryl/α,β-unsaturated/α-hetero) is 1. The third-order valence-corrected chi connectivity index (χ3v) is 4.09. The summed E-state index contributed by atoms with van der Waals surface area (Å²) in [4.78, 5) is 28.2. The Hall–Kier alpha value is -1.88. The number of rotatable bonds is 6. The van der Waals surface area contributed by atoms with Crippen LogP contribution < -0.4 is 9.64 Å². The molecule has 1 aliphatic rings. The van der Waals surface area contributed by atoms with Crippen molar-refractivity contribution in [3.05, 3.63) is 23.8 Å². The van der Waals surface area contributed by atoms with Crippen molar-refractivity contribution in [3.63, 3.8) is 0 Å². The molecule has 0 radical (unpaired) electrons. The highest BCUT2D eigenvalue weighted by atomic mass is 16.5. The van der Waals surface area contributed by atoms with Gasteiger partial charge in [0.1, 0.15) is 5.75 Å². The van der Waals surface area contributed by atoms with E-state index in [0.29, 0.717) is 35.6 Å². The van der Waals surface area contributed by atoms with Gasteiger partial charge in [-0.3, -0.25) is 14.5 Å². The maximum Gasteiger partial charge on any atom is 0.299 e. The van der Waals surface area contributed by atoms with Crippen LogP contribution >= 0.6 is 0 Å². The summed E-state index contributed by atoms with van der Waals surface area (Å²) >= 11 is 0. The summed E-state index contributed by atoms with van der Waals surface area (Å²) in [6.07, 6.45) is 0. The van der Waals surface area contributed by atoms with Gasteiger partial charge in [0, 0.05) is 31.2 Å². The SMILES string of the molecule is COc1ccc2c(c1)N(CCN(C(C)C)C(C)C)C(=O)C2=O.